The summed E-state index contributed by atoms with van der Waals surface area (Å²) < 4.78 is 5.69. The predicted octanol–water partition coefficient (Wildman–Crippen LogP) is 5.42. The number of nitrogens with zero attached hydrogens (tertiary/aromatic N) is 1. The number of urea groups is 1. The lowest BCUT2D eigenvalue weighted by Crippen LogP contribution is -2.35. The van der Waals surface area contributed by atoms with Crippen LogP contribution in [0.4, 0.5) is 21.9 Å². The Morgan fingerprint density at radius 2 is 1.84 bits per heavy atom. The fourth-order valence-corrected chi connectivity index (χ4v) is 5.05. The molecule has 5 rings (SSSR count). The van der Waals surface area contributed by atoms with Crippen molar-refractivity contribution in [3.63, 3.8) is 0 Å². The molecule has 0 saturated carbocycles. The van der Waals surface area contributed by atoms with Crippen molar-refractivity contribution in [1.82, 2.24) is 5.32 Å². The van der Waals surface area contributed by atoms with Gasteiger partial charge in [0, 0.05) is 43.3 Å². The standard InChI is InChI=1S/C30H34N4O3/c1-20-7-5-11-27(21(20)2)33-30(36)32-24-12-13-28(34-15-14-22-8-3-4-9-23(22)19-34)26(17-24)29(35)31-18-25-10-6-16-37-25/h3-5,7-9,11-13,17,25H,6,10,14-16,18-19H2,1-2H3,(H,31,35)(H2,32,33,36). The Morgan fingerprint density at radius 1 is 1.00 bits per heavy atom. The van der Waals surface area contributed by atoms with Crippen molar-refractivity contribution in [3.05, 3.63) is 88.5 Å². The molecular weight excluding hydrogens is 464 g/mol. The molecule has 37 heavy (non-hydrogen) atoms. The molecule has 3 aromatic carbocycles. The zero-order valence-electron chi connectivity index (χ0n) is 21.5. The van der Waals surface area contributed by atoms with Crippen LogP contribution in [0.5, 0.6) is 0 Å². The minimum absolute atomic E-state index is 0.0546. The van der Waals surface area contributed by atoms with E-state index in [9.17, 15) is 9.59 Å². The molecule has 2 aliphatic heterocycles. The molecule has 0 spiro atoms. The number of benzene rings is 3. The molecule has 0 bridgehead atoms. The largest absolute Gasteiger partial charge is 0.376 e. The number of aryl methyl sites for hydroxylation is 1. The minimum Gasteiger partial charge on any atom is -0.376 e. The molecule has 2 heterocycles. The Balaban J connectivity index is 1.37. The quantitative estimate of drug-likeness (QED) is 0.424. The molecule has 0 aromatic heterocycles. The maximum Gasteiger partial charge on any atom is 0.323 e. The molecule has 7 nitrogen and oxygen atoms in total. The summed E-state index contributed by atoms with van der Waals surface area (Å²) in [6, 6.07) is 19.5. The van der Waals surface area contributed by atoms with Crippen LogP contribution in [0.15, 0.2) is 60.7 Å². The zero-order chi connectivity index (χ0) is 25.8. The van der Waals surface area contributed by atoms with Crippen molar-refractivity contribution in [1.29, 1.82) is 0 Å². The first-order chi connectivity index (χ1) is 18.0. The molecule has 1 atom stereocenters. The number of amides is 3. The molecule has 1 unspecified atom stereocenters. The van der Waals surface area contributed by atoms with Crippen molar-refractivity contribution in [2.75, 3.05) is 35.2 Å². The van der Waals surface area contributed by atoms with E-state index >= 15 is 0 Å². The molecule has 192 valence electrons. The summed E-state index contributed by atoms with van der Waals surface area (Å²) in [7, 11) is 0. The van der Waals surface area contributed by atoms with Crippen LogP contribution in [-0.4, -0.2) is 37.7 Å². The molecule has 7 heteroatoms. The van der Waals surface area contributed by atoms with Gasteiger partial charge in [-0.3, -0.25) is 4.79 Å². The van der Waals surface area contributed by atoms with E-state index in [2.05, 4.69) is 45.1 Å². The van der Waals surface area contributed by atoms with Gasteiger partial charge in [0.05, 0.1) is 11.7 Å². The van der Waals surface area contributed by atoms with E-state index in [1.54, 1.807) is 6.07 Å². The summed E-state index contributed by atoms with van der Waals surface area (Å²) in [5, 5.41) is 8.88. The second-order valence-electron chi connectivity index (χ2n) is 9.84. The highest BCUT2D eigenvalue weighted by molar-refractivity contribution is 6.04. The Hall–Kier alpha value is -3.84. The number of fused-ring (bicyclic) bond motifs is 1. The normalized spacial score (nSPS) is 16.7. The number of hydrogen-bond acceptors (Lipinski definition) is 4. The summed E-state index contributed by atoms with van der Waals surface area (Å²) in [6.45, 7) is 6.77. The van der Waals surface area contributed by atoms with Crippen LogP contribution in [-0.2, 0) is 17.7 Å². The number of anilines is 3. The first-order valence-corrected chi connectivity index (χ1v) is 13.0. The van der Waals surface area contributed by atoms with Gasteiger partial charge in [-0.15, -0.1) is 0 Å². The average molecular weight is 499 g/mol. The molecule has 0 aliphatic carbocycles. The molecular formula is C30H34N4O3. The van der Waals surface area contributed by atoms with E-state index in [0.29, 0.717) is 17.8 Å². The molecule has 3 aromatic rings. The van der Waals surface area contributed by atoms with Gasteiger partial charge in [0.15, 0.2) is 0 Å². The van der Waals surface area contributed by atoms with Crippen LogP contribution >= 0.6 is 0 Å². The second-order valence-corrected chi connectivity index (χ2v) is 9.84. The SMILES string of the molecule is Cc1cccc(NC(=O)Nc2ccc(N3CCc4ccccc4C3)c(C(=O)NCC3CCCO3)c2)c1C. The van der Waals surface area contributed by atoms with E-state index in [0.717, 1.165) is 61.5 Å². The van der Waals surface area contributed by atoms with Gasteiger partial charge in [-0.25, -0.2) is 4.79 Å². The van der Waals surface area contributed by atoms with E-state index in [1.165, 1.54) is 11.1 Å². The summed E-state index contributed by atoms with van der Waals surface area (Å²) in [5.74, 6) is -0.164. The molecule has 0 radical (unpaired) electrons. The number of rotatable bonds is 6. The van der Waals surface area contributed by atoms with Crippen LogP contribution in [0.2, 0.25) is 0 Å². The maximum atomic E-state index is 13.4. The maximum absolute atomic E-state index is 13.4. The summed E-state index contributed by atoms with van der Waals surface area (Å²) in [5.41, 5.74) is 7.48. The fraction of sp³-hybridized carbons (Fsp3) is 0.333. The van der Waals surface area contributed by atoms with E-state index < -0.39 is 0 Å². The second kappa shape index (κ2) is 11.0. The topological polar surface area (TPSA) is 82.7 Å². The number of carbonyl (C=O) groups excluding carboxylic acids is 2. The Labute approximate surface area is 218 Å². The monoisotopic (exact) mass is 498 g/mol. The van der Waals surface area contributed by atoms with Gasteiger partial charge in [0.1, 0.15) is 0 Å². The van der Waals surface area contributed by atoms with Crippen molar-refractivity contribution in [2.24, 2.45) is 0 Å². The van der Waals surface area contributed by atoms with Crippen molar-refractivity contribution in [3.8, 4) is 0 Å². The van der Waals surface area contributed by atoms with Crippen molar-refractivity contribution in [2.45, 2.75) is 45.8 Å². The smallest absolute Gasteiger partial charge is 0.323 e. The van der Waals surface area contributed by atoms with Crippen LogP contribution in [0.25, 0.3) is 0 Å². The third kappa shape index (κ3) is 5.78. The zero-order valence-corrected chi connectivity index (χ0v) is 21.5. The van der Waals surface area contributed by atoms with Crippen LogP contribution in [0.1, 0.15) is 45.5 Å². The van der Waals surface area contributed by atoms with Gasteiger partial charge in [0.25, 0.3) is 5.91 Å². The predicted molar refractivity (Wildman–Crippen MR) is 148 cm³/mol. The van der Waals surface area contributed by atoms with E-state index in [4.69, 9.17) is 4.74 Å². The summed E-state index contributed by atoms with van der Waals surface area (Å²) >= 11 is 0. The van der Waals surface area contributed by atoms with E-state index in [-0.39, 0.29) is 18.0 Å². The van der Waals surface area contributed by atoms with Crippen molar-refractivity contribution < 1.29 is 14.3 Å². The van der Waals surface area contributed by atoms with Gasteiger partial charge >= 0.3 is 6.03 Å². The Morgan fingerprint density at radius 3 is 2.65 bits per heavy atom. The summed E-state index contributed by atoms with van der Waals surface area (Å²) in [4.78, 5) is 28.4. The van der Waals surface area contributed by atoms with Gasteiger partial charge in [-0.2, -0.15) is 0 Å². The number of hydrogen-bond donors (Lipinski definition) is 3. The highest BCUT2D eigenvalue weighted by atomic mass is 16.5. The number of carbonyl (C=O) groups is 2. The lowest BCUT2D eigenvalue weighted by molar-refractivity contribution is 0.0858. The minimum atomic E-state index is -0.348. The first-order valence-electron chi connectivity index (χ1n) is 13.0. The van der Waals surface area contributed by atoms with Gasteiger partial charge in [-0.1, -0.05) is 36.4 Å². The number of ether oxygens (including phenoxy) is 1. The molecule has 2 aliphatic rings. The van der Waals surface area contributed by atoms with Crippen molar-refractivity contribution >= 4 is 29.0 Å². The Kier molecular flexibility index (Phi) is 7.42. The molecule has 1 fully saturated rings. The van der Waals surface area contributed by atoms with Gasteiger partial charge in [0.2, 0.25) is 0 Å². The van der Waals surface area contributed by atoms with Gasteiger partial charge in [-0.05, 0) is 79.6 Å². The van der Waals surface area contributed by atoms with Crippen LogP contribution in [0.3, 0.4) is 0 Å². The molecule has 1 saturated heterocycles. The Bertz CT molecular complexity index is 1300. The third-order valence-corrected chi connectivity index (χ3v) is 7.34. The number of nitrogens with one attached hydrogen (secondary N) is 3. The lowest BCUT2D eigenvalue weighted by Gasteiger charge is -2.32. The average Bonchev–Trinajstić information content (AvgIpc) is 3.43. The van der Waals surface area contributed by atoms with Gasteiger partial charge < -0.3 is 25.6 Å². The third-order valence-electron chi connectivity index (χ3n) is 7.34. The molecule has 3 N–H and O–H groups in total. The van der Waals surface area contributed by atoms with Crippen LogP contribution < -0.4 is 20.9 Å². The summed E-state index contributed by atoms with van der Waals surface area (Å²) in [6.07, 6.45) is 2.95. The first kappa shape index (κ1) is 24.8. The molecule has 3 amide bonds. The fourth-order valence-electron chi connectivity index (χ4n) is 5.05. The highest BCUT2D eigenvalue weighted by Gasteiger charge is 2.23. The highest BCUT2D eigenvalue weighted by Crippen LogP contribution is 2.30. The van der Waals surface area contributed by atoms with E-state index in [1.807, 2.05) is 44.2 Å². The lowest BCUT2D eigenvalue weighted by atomic mass is 9.98. The van der Waals surface area contributed by atoms with Crippen LogP contribution in [0, 0.1) is 13.8 Å².